The summed E-state index contributed by atoms with van der Waals surface area (Å²) in [6, 6.07) is 3.53. The number of hydrogen-bond acceptors (Lipinski definition) is 3. The highest BCUT2D eigenvalue weighted by Crippen LogP contribution is 2.39. The van der Waals surface area contributed by atoms with Crippen molar-refractivity contribution in [2.75, 3.05) is 24.3 Å². The Labute approximate surface area is 125 Å². The van der Waals surface area contributed by atoms with Gasteiger partial charge in [-0.3, -0.25) is 4.79 Å². The lowest BCUT2D eigenvalue weighted by Gasteiger charge is -2.20. The van der Waals surface area contributed by atoms with Crippen LogP contribution in [-0.2, 0) is 4.79 Å². The van der Waals surface area contributed by atoms with Gasteiger partial charge in [0.2, 0.25) is 5.91 Å². The minimum Gasteiger partial charge on any atom is -0.495 e. The number of halogens is 2. The lowest BCUT2D eigenvalue weighted by atomic mass is 10.1. The topological polar surface area (TPSA) is 29.5 Å². The maximum atomic E-state index is 12.0. The summed E-state index contributed by atoms with van der Waals surface area (Å²) in [6.45, 7) is 0.663. The van der Waals surface area contributed by atoms with Crippen molar-refractivity contribution in [3.8, 4) is 5.75 Å². The van der Waals surface area contributed by atoms with Crippen molar-refractivity contribution in [2.45, 2.75) is 6.42 Å². The highest BCUT2D eigenvalue weighted by Gasteiger charge is 2.31. The molecule has 1 aromatic carbocycles. The third-order valence-electron chi connectivity index (χ3n) is 2.98. The van der Waals surface area contributed by atoms with Crippen LogP contribution in [0.1, 0.15) is 6.42 Å². The van der Waals surface area contributed by atoms with Gasteiger partial charge in [-0.05, 0) is 39.7 Å². The van der Waals surface area contributed by atoms with Crippen LogP contribution in [0, 0.1) is 5.92 Å². The Bertz CT molecular complexity index is 483. The molecular formula is C12H13BrClNO2S. The summed E-state index contributed by atoms with van der Waals surface area (Å²) in [5, 5.41) is 0.563. The van der Waals surface area contributed by atoms with Gasteiger partial charge in [-0.2, -0.15) is 12.6 Å². The zero-order chi connectivity index (χ0) is 13.3. The maximum absolute atomic E-state index is 12.0. The molecule has 0 saturated carbocycles. The molecule has 0 aliphatic carbocycles. The molecule has 1 amide bonds. The van der Waals surface area contributed by atoms with Gasteiger partial charge in [0.15, 0.2) is 0 Å². The Morgan fingerprint density at radius 3 is 2.89 bits per heavy atom. The number of hydrogen-bond donors (Lipinski definition) is 1. The Kier molecular flexibility index (Phi) is 4.45. The van der Waals surface area contributed by atoms with Gasteiger partial charge in [-0.1, -0.05) is 11.6 Å². The van der Waals surface area contributed by atoms with Crippen molar-refractivity contribution in [1.82, 2.24) is 0 Å². The minimum absolute atomic E-state index is 0.0886. The number of anilines is 1. The first-order chi connectivity index (χ1) is 8.56. The molecule has 1 atom stereocenters. The van der Waals surface area contributed by atoms with Gasteiger partial charge < -0.3 is 9.64 Å². The van der Waals surface area contributed by atoms with E-state index >= 15 is 0 Å². The highest BCUT2D eigenvalue weighted by molar-refractivity contribution is 9.10. The number of amides is 1. The zero-order valence-corrected chi connectivity index (χ0v) is 13.1. The van der Waals surface area contributed by atoms with Gasteiger partial charge in [-0.25, -0.2) is 0 Å². The predicted molar refractivity (Wildman–Crippen MR) is 80.0 cm³/mol. The van der Waals surface area contributed by atoms with Crippen LogP contribution in [0.25, 0.3) is 0 Å². The van der Waals surface area contributed by atoms with Crippen molar-refractivity contribution in [1.29, 1.82) is 0 Å². The summed E-state index contributed by atoms with van der Waals surface area (Å²) in [6.07, 6.45) is 0.528. The van der Waals surface area contributed by atoms with E-state index in [0.717, 1.165) is 10.2 Å². The number of carbonyl (C=O) groups is 1. The van der Waals surface area contributed by atoms with E-state index in [1.807, 2.05) is 0 Å². The predicted octanol–water partition coefficient (Wildman–Crippen LogP) is 3.39. The summed E-state index contributed by atoms with van der Waals surface area (Å²) in [5.74, 6) is 1.72. The van der Waals surface area contributed by atoms with Crippen LogP contribution in [0.4, 0.5) is 5.69 Å². The second-order valence-corrected chi connectivity index (χ2v) is 5.82. The van der Waals surface area contributed by atoms with Gasteiger partial charge in [0.05, 0.1) is 17.8 Å². The monoisotopic (exact) mass is 349 g/mol. The number of rotatable bonds is 3. The molecule has 1 aliphatic heterocycles. The van der Waals surface area contributed by atoms with Gasteiger partial charge in [0.25, 0.3) is 0 Å². The Morgan fingerprint density at radius 1 is 1.61 bits per heavy atom. The van der Waals surface area contributed by atoms with Crippen LogP contribution in [0.3, 0.4) is 0 Å². The molecule has 2 rings (SSSR count). The fourth-order valence-electron chi connectivity index (χ4n) is 2.03. The molecule has 1 saturated heterocycles. The maximum Gasteiger partial charge on any atom is 0.227 e. The van der Waals surface area contributed by atoms with E-state index in [4.69, 9.17) is 16.3 Å². The number of nitrogens with zero attached hydrogens (tertiary/aromatic N) is 1. The number of methoxy groups -OCH3 is 1. The van der Waals surface area contributed by atoms with Crippen molar-refractivity contribution in [3.63, 3.8) is 0 Å². The first kappa shape index (κ1) is 14.0. The van der Waals surface area contributed by atoms with Crippen LogP contribution < -0.4 is 9.64 Å². The van der Waals surface area contributed by atoms with Crippen molar-refractivity contribution < 1.29 is 9.53 Å². The molecule has 0 spiro atoms. The van der Waals surface area contributed by atoms with E-state index in [-0.39, 0.29) is 11.8 Å². The standard InChI is InChI=1S/C12H13BrClNO2S/c1-17-11-3-8(13)9(14)4-10(11)15-5-7(6-18)2-12(15)16/h3-4,7,18H,2,5-6H2,1H3. The van der Waals surface area contributed by atoms with E-state index < -0.39 is 0 Å². The number of carbonyl (C=O) groups excluding carboxylic acids is 1. The SMILES string of the molecule is COc1cc(Br)c(Cl)cc1N1CC(CS)CC1=O. The van der Waals surface area contributed by atoms with Crippen LogP contribution >= 0.6 is 40.2 Å². The number of thiol groups is 1. The van der Waals surface area contributed by atoms with Gasteiger partial charge in [-0.15, -0.1) is 0 Å². The fourth-order valence-corrected chi connectivity index (χ4v) is 2.75. The van der Waals surface area contributed by atoms with Crippen LogP contribution in [0.5, 0.6) is 5.75 Å². The van der Waals surface area contributed by atoms with Crippen molar-refractivity contribution in [2.24, 2.45) is 5.92 Å². The molecule has 0 radical (unpaired) electrons. The van der Waals surface area contributed by atoms with E-state index in [9.17, 15) is 4.79 Å². The second-order valence-electron chi connectivity index (χ2n) is 4.20. The van der Waals surface area contributed by atoms with Gasteiger partial charge in [0, 0.05) is 17.4 Å². The summed E-state index contributed by atoms with van der Waals surface area (Å²) >= 11 is 13.7. The Morgan fingerprint density at radius 2 is 2.33 bits per heavy atom. The molecule has 0 bridgehead atoms. The third kappa shape index (κ3) is 2.63. The summed E-state index contributed by atoms with van der Waals surface area (Å²) in [4.78, 5) is 13.7. The molecule has 0 N–H and O–H groups in total. The molecular weight excluding hydrogens is 338 g/mol. The van der Waals surface area contributed by atoms with Gasteiger partial charge in [0.1, 0.15) is 5.75 Å². The molecule has 1 aliphatic rings. The Balaban J connectivity index is 2.38. The summed E-state index contributed by atoms with van der Waals surface area (Å²) < 4.78 is 6.06. The largest absolute Gasteiger partial charge is 0.495 e. The average Bonchev–Trinajstić information content (AvgIpc) is 2.73. The fraction of sp³-hybridized carbons (Fsp3) is 0.417. The van der Waals surface area contributed by atoms with E-state index in [0.29, 0.717) is 29.5 Å². The molecule has 98 valence electrons. The molecule has 1 heterocycles. The van der Waals surface area contributed by atoms with E-state index in [2.05, 4.69) is 28.6 Å². The first-order valence-electron chi connectivity index (χ1n) is 5.51. The van der Waals surface area contributed by atoms with Crippen LogP contribution in [0.2, 0.25) is 5.02 Å². The second kappa shape index (κ2) is 5.72. The lowest BCUT2D eigenvalue weighted by molar-refractivity contribution is -0.117. The van der Waals surface area contributed by atoms with Crippen molar-refractivity contribution in [3.05, 3.63) is 21.6 Å². The van der Waals surface area contributed by atoms with E-state index in [1.165, 1.54) is 0 Å². The zero-order valence-electron chi connectivity index (χ0n) is 9.82. The normalized spacial score (nSPS) is 19.4. The number of benzene rings is 1. The first-order valence-corrected chi connectivity index (χ1v) is 7.31. The van der Waals surface area contributed by atoms with E-state index in [1.54, 1.807) is 24.1 Å². The quantitative estimate of drug-likeness (QED) is 0.847. The molecule has 0 aromatic heterocycles. The van der Waals surface area contributed by atoms with Crippen LogP contribution in [-0.4, -0.2) is 25.3 Å². The number of ether oxygens (including phenoxy) is 1. The minimum atomic E-state index is 0.0886. The Hall–Kier alpha value is -0.390. The smallest absolute Gasteiger partial charge is 0.227 e. The molecule has 1 fully saturated rings. The third-order valence-corrected chi connectivity index (χ3v) is 4.69. The molecule has 3 nitrogen and oxygen atoms in total. The summed E-state index contributed by atoms with van der Waals surface area (Å²) in [7, 11) is 1.58. The molecule has 6 heteroatoms. The van der Waals surface area contributed by atoms with Gasteiger partial charge >= 0.3 is 0 Å². The summed E-state index contributed by atoms with van der Waals surface area (Å²) in [5.41, 5.74) is 0.722. The van der Waals surface area contributed by atoms with Crippen molar-refractivity contribution >= 4 is 51.8 Å². The highest BCUT2D eigenvalue weighted by atomic mass is 79.9. The molecule has 18 heavy (non-hydrogen) atoms. The lowest BCUT2D eigenvalue weighted by Crippen LogP contribution is -2.25. The average molecular weight is 351 g/mol. The van der Waals surface area contributed by atoms with Crippen LogP contribution in [0.15, 0.2) is 16.6 Å². The molecule has 1 aromatic rings. The molecule has 1 unspecified atom stereocenters.